The number of para-hydroxylation sites is 1. The second-order valence-corrected chi connectivity index (χ2v) is 10.8. The molecule has 2 aromatic heterocycles. The van der Waals surface area contributed by atoms with Crippen molar-refractivity contribution in [3.8, 4) is 17.3 Å². The van der Waals surface area contributed by atoms with Gasteiger partial charge in [0.2, 0.25) is 0 Å². The number of hydrogen-bond donors (Lipinski definition) is 0. The standard InChI is InChI=1S/C32H29N5O/c1-32(2,3)22-10-13-31(34-20-22)37-29-9-7-6-8-27(29)28-12-11-25(19-30(28)37)38-26-17-23(33-4)16-24(18-26)36-15-14-35(5)21-36/h6-20H,21H2,1-3,5H3. The Labute approximate surface area is 222 Å². The molecule has 1 aliphatic heterocycles. The molecule has 0 fully saturated rings. The Kier molecular flexibility index (Phi) is 5.57. The first-order valence-corrected chi connectivity index (χ1v) is 12.7. The molecule has 6 nitrogen and oxygen atoms in total. The summed E-state index contributed by atoms with van der Waals surface area (Å²) in [5.41, 5.74) is 4.81. The summed E-state index contributed by atoms with van der Waals surface area (Å²) in [6.45, 7) is 14.9. The van der Waals surface area contributed by atoms with Crippen LogP contribution in [0.3, 0.4) is 0 Å². The van der Waals surface area contributed by atoms with Crippen molar-refractivity contribution < 1.29 is 4.74 Å². The van der Waals surface area contributed by atoms with E-state index in [1.807, 2.05) is 43.8 Å². The third kappa shape index (κ3) is 4.22. The average Bonchev–Trinajstić information content (AvgIpc) is 3.49. The molecule has 0 amide bonds. The number of pyridine rings is 1. The Bertz CT molecular complexity index is 1730. The molecule has 1 aliphatic rings. The van der Waals surface area contributed by atoms with E-state index in [4.69, 9.17) is 16.3 Å². The van der Waals surface area contributed by atoms with E-state index in [2.05, 4.69) is 88.5 Å². The first-order valence-electron chi connectivity index (χ1n) is 12.7. The van der Waals surface area contributed by atoms with Crippen LogP contribution in [0.25, 0.3) is 32.5 Å². The Morgan fingerprint density at radius 2 is 1.68 bits per heavy atom. The number of ether oxygens (including phenoxy) is 1. The van der Waals surface area contributed by atoms with E-state index in [0.29, 0.717) is 17.2 Å². The number of benzene rings is 3. The zero-order valence-corrected chi connectivity index (χ0v) is 22.0. The minimum atomic E-state index is 0.0341. The fourth-order valence-electron chi connectivity index (χ4n) is 4.91. The van der Waals surface area contributed by atoms with Crippen molar-refractivity contribution in [3.05, 3.63) is 108 Å². The highest BCUT2D eigenvalue weighted by Crippen LogP contribution is 2.37. The largest absolute Gasteiger partial charge is 0.459 e. The summed E-state index contributed by atoms with van der Waals surface area (Å²) < 4.78 is 8.56. The van der Waals surface area contributed by atoms with Crippen molar-refractivity contribution in [2.45, 2.75) is 26.2 Å². The molecule has 0 saturated heterocycles. The number of nitrogens with zero attached hydrogens (tertiary/aromatic N) is 5. The lowest BCUT2D eigenvalue weighted by Gasteiger charge is -2.19. The van der Waals surface area contributed by atoms with E-state index in [1.165, 1.54) is 5.56 Å². The third-order valence-corrected chi connectivity index (χ3v) is 6.94. The molecule has 188 valence electrons. The van der Waals surface area contributed by atoms with Crippen molar-refractivity contribution in [2.24, 2.45) is 0 Å². The van der Waals surface area contributed by atoms with Crippen LogP contribution < -0.4 is 9.64 Å². The highest BCUT2D eigenvalue weighted by atomic mass is 16.5. The van der Waals surface area contributed by atoms with Gasteiger partial charge in [-0.2, -0.15) is 0 Å². The van der Waals surface area contributed by atoms with E-state index in [1.54, 1.807) is 6.07 Å². The molecule has 0 aliphatic carbocycles. The van der Waals surface area contributed by atoms with Crippen LogP contribution in [0.5, 0.6) is 11.5 Å². The molecule has 3 aromatic carbocycles. The van der Waals surface area contributed by atoms with Gasteiger partial charge in [-0.1, -0.05) is 45.0 Å². The van der Waals surface area contributed by atoms with Gasteiger partial charge >= 0.3 is 0 Å². The van der Waals surface area contributed by atoms with Gasteiger partial charge < -0.3 is 14.5 Å². The minimum absolute atomic E-state index is 0.0341. The summed E-state index contributed by atoms with van der Waals surface area (Å²) in [7, 11) is 2.02. The fourth-order valence-corrected chi connectivity index (χ4v) is 4.91. The van der Waals surface area contributed by atoms with Gasteiger partial charge in [0.25, 0.3) is 0 Å². The van der Waals surface area contributed by atoms with Crippen LogP contribution in [0.15, 0.2) is 91.4 Å². The predicted molar refractivity (Wildman–Crippen MR) is 154 cm³/mol. The highest BCUT2D eigenvalue weighted by Gasteiger charge is 2.18. The number of rotatable bonds is 4. The minimum Gasteiger partial charge on any atom is -0.459 e. The summed E-state index contributed by atoms with van der Waals surface area (Å²) in [5.74, 6) is 2.20. The van der Waals surface area contributed by atoms with Gasteiger partial charge in [-0.3, -0.25) is 4.57 Å². The van der Waals surface area contributed by atoms with Gasteiger partial charge in [0.15, 0.2) is 5.69 Å². The topological polar surface area (TPSA) is 37.9 Å². The number of fused-ring (bicyclic) bond motifs is 3. The molecular weight excluding hydrogens is 470 g/mol. The normalized spacial score (nSPS) is 13.4. The van der Waals surface area contributed by atoms with Crippen LogP contribution in [0, 0.1) is 6.57 Å². The molecule has 6 rings (SSSR count). The lowest BCUT2D eigenvalue weighted by atomic mass is 9.88. The van der Waals surface area contributed by atoms with E-state index < -0.39 is 0 Å². The molecule has 0 bridgehead atoms. The van der Waals surface area contributed by atoms with E-state index in [-0.39, 0.29) is 5.41 Å². The Morgan fingerprint density at radius 1 is 0.868 bits per heavy atom. The van der Waals surface area contributed by atoms with Crippen molar-refractivity contribution in [2.75, 3.05) is 18.6 Å². The summed E-state index contributed by atoms with van der Waals surface area (Å²) in [6, 6.07) is 24.4. The number of aromatic nitrogens is 2. The van der Waals surface area contributed by atoms with Crippen LogP contribution in [0.4, 0.5) is 11.4 Å². The molecule has 0 unspecified atom stereocenters. The average molecular weight is 500 g/mol. The summed E-state index contributed by atoms with van der Waals surface area (Å²) in [5, 5.41) is 2.30. The first-order chi connectivity index (χ1) is 18.3. The maximum absolute atomic E-state index is 7.59. The maximum Gasteiger partial charge on any atom is 0.192 e. The molecule has 38 heavy (non-hydrogen) atoms. The Balaban J connectivity index is 1.44. The van der Waals surface area contributed by atoms with Crippen LogP contribution in [0.2, 0.25) is 0 Å². The number of anilines is 1. The summed E-state index contributed by atoms with van der Waals surface area (Å²) in [6.07, 6.45) is 5.99. The van der Waals surface area contributed by atoms with Crippen molar-refractivity contribution in [3.63, 3.8) is 0 Å². The Hall–Kier alpha value is -4.76. The lowest BCUT2D eigenvalue weighted by molar-refractivity contribution is 0.481. The summed E-state index contributed by atoms with van der Waals surface area (Å²) >= 11 is 0. The van der Waals surface area contributed by atoms with Gasteiger partial charge in [-0.15, -0.1) is 0 Å². The molecule has 6 heteroatoms. The molecule has 3 heterocycles. The Morgan fingerprint density at radius 3 is 2.39 bits per heavy atom. The zero-order chi connectivity index (χ0) is 26.4. The lowest BCUT2D eigenvalue weighted by Crippen LogP contribution is -2.21. The third-order valence-electron chi connectivity index (χ3n) is 6.94. The van der Waals surface area contributed by atoms with Crippen LogP contribution >= 0.6 is 0 Å². The molecule has 0 radical (unpaired) electrons. The van der Waals surface area contributed by atoms with Crippen molar-refractivity contribution in [1.82, 2.24) is 14.5 Å². The maximum atomic E-state index is 7.59. The molecule has 0 saturated carbocycles. The highest BCUT2D eigenvalue weighted by molar-refractivity contribution is 6.09. The molecular formula is C32H29N5O. The monoisotopic (exact) mass is 499 g/mol. The molecule has 5 aromatic rings. The number of hydrogen-bond acceptors (Lipinski definition) is 4. The first kappa shape index (κ1) is 23.6. The van der Waals surface area contributed by atoms with Gasteiger partial charge in [-0.05, 0) is 47.4 Å². The van der Waals surface area contributed by atoms with Crippen LogP contribution in [-0.4, -0.2) is 28.2 Å². The fraction of sp³-hybridized carbons (Fsp3) is 0.188. The van der Waals surface area contributed by atoms with Gasteiger partial charge in [0, 0.05) is 54.2 Å². The van der Waals surface area contributed by atoms with Crippen molar-refractivity contribution >= 4 is 33.2 Å². The molecule has 0 spiro atoms. The second-order valence-electron chi connectivity index (χ2n) is 10.8. The second kappa shape index (κ2) is 8.97. The van der Waals surface area contributed by atoms with E-state index >= 15 is 0 Å². The molecule has 0 atom stereocenters. The summed E-state index contributed by atoms with van der Waals surface area (Å²) in [4.78, 5) is 12.7. The van der Waals surface area contributed by atoms with Crippen molar-refractivity contribution in [1.29, 1.82) is 0 Å². The quantitative estimate of drug-likeness (QED) is 0.235. The van der Waals surface area contributed by atoms with E-state index in [0.717, 1.165) is 40.0 Å². The zero-order valence-electron chi connectivity index (χ0n) is 22.0. The smallest absolute Gasteiger partial charge is 0.192 e. The predicted octanol–water partition coefficient (Wildman–Crippen LogP) is 8.00. The van der Waals surface area contributed by atoms with Crippen LogP contribution in [-0.2, 0) is 5.41 Å². The van der Waals surface area contributed by atoms with E-state index in [9.17, 15) is 0 Å². The van der Waals surface area contributed by atoms with Crippen LogP contribution in [0.1, 0.15) is 26.3 Å². The SMILES string of the molecule is [C-]#[N+]c1cc(Oc2ccc3c4ccccc4n(-c4ccc(C(C)(C)C)cn4)c3c2)cc(N2C=CN(C)C2)c1. The van der Waals surface area contributed by atoms with Gasteiger partial charge in [0.1, 0.15) is 17.3 Å². The van der Waals surface area contributed by atoms with Gasteiger partial charge in [-0.25, -0.2) is 9.83 Å². The molecule has 0 N–H and O–H groups in total. The van der Waals surface area contributed by atoms with Gasteiger partial charge in [0.05, 0.1) is 24.3 Å².